The van der Waals surface area contributed by atoms with E-state index in [2.05, 4.69) is 11.4 Å². The van der Waals surface area contributed by atoms with Gasteiger partial charge in [0.15, 0.2) is 0 Å². The molecule has 2 unspecified atom stereocenters. The minimum absolute atomic E-state index is 0.230. The lowest BCUT2D eigenvalue weighted by atomic mass is 10.1. The van der Waals surface area contributed by atoms with Crippen LogP contribution in [0.3, 0.4) is 0 Å². The molecule has 0 aromatic rings. The Bertz CT molecular complexity index is 167. The van der Waals surface area contributed by atoms with Gasteiger partial charge in [-0.2, -0.15) is 0 Å². The van der Waals surface area contributed by atoms with Crippen molar-refractivity contribution < 1.29 is 5.11 Å². The van der Waals surface area contributed by atoms with E-state index >= 15 is 0 Å². The quantitative estimate of drug-likeness (QED) is 0.494. The topological polar surface area (TPSA) is 32.3 Å². The van der Waals surface area contributed by atoms with E-state index in [1.54, 1.807) is 0 Å². The van der Waals surface area contributed by atoms with Crippen LogP contribution >= 0.6 is 11.6 Å². The SMILES string of the molecule is OC(CCl)NC1C=CC=CC1. The summed E-state index contributed by atoms with van der Waals surface area (Å²) in [5.41, 5.74) is 0. The van der Waals surface area contributed by atoms with Crippen LogP contribution in [0.15, 0.2) is 24.3 Å². The predicted molar refractivity (Wildman–Crippen MR) is 46.5 cm³/mol. The molecule has 0 saturated heterocycles. The normalized spacial score (nSPS) is 25.5. The summed E-state index contributed by atoms with van der Waals surface area (Å²) in [5, 5.41) is 12.1. The van der Waals surface area contributed by atoms with Gasteiger partial charge in [0.05, 0.1) is 5.88 Å². The highest BCUT2D eigenvalue weighted by Crippen LogP contribution is 2.03. The Morgan fingerprint density at radius 3 is 3.00 bits per heavy atom. The molecule has 2 nitrogen and oxygen atoms in total. The lowest BCUT2D eigenvalue weighted by Gasteiger charge is -2.18. The maximum atomic E-state index is 9.11. The molecule has 2 N–H and O–H groups in total. The van der Waals surface area contributed by atoms with Crippen molar-refractivity contribution in [2.45, 2.75) is 18.7 Å². The van der Waals surface area contributed by atoms with E-state index in [0.717, 1.165) is 6.42 Å². The molecule has 1 aliphatic carbocycles. The third kappa shape index (κ3) is 3.06. The predicted octanol–water partition coefficient (Wildman–Crippen LogP) is 1.02. The summed E-state index contributed by atoms with van der Waals surface area (Å²) in [4.78, 5) is 0. The van der Waals surface area contributed by atoms with Gasteiger partial charge in [-0.25, -0.2) is 0 Å². The van der Waals surface area contributed by atoms with E-state index in [0.29, 0.717) is 0 Å². The fourth-order valence-electron chi connectivity index (χ4n) is 0.996. The molecule has 1 aliphatic rings. The first-order valence-electron chi connectivity index (χ1n) is 3.66. The summed E-state index contributed by atoms with van der Waals surface area (Å²) >= 11 is 5.42. The smallest absolute Gasteiger partial charge is 0.119 e. The van der Waals surface area contributed by atoms with Crippen LogP contribution in [0.4, 0.5) is 0 Å². The van der Waals surface area contributed by atoms with E-state index in [4.69, 9.17) is 16.7 Å². The summed E-state index contributed by atoms with van der Waals surface area (Å²) in [7, 11) is 0. The highest BCUT2D eigenvalue weighted by Gasteiger charge is 2.08. The second kappa shape index (κ2) is 4.54. The first-order valence-corrected chi connectivity index (χ1v) is 4.20. The molecule has 0 aliphatic heterocycles. The lowest BCUT2D eigenvalue weighted by molar-refractivity contribution is 0.151. The summed E-state index contributed by atoms with van der Waals surface area (Å²) in [6.07, 6.45) is 8.34. The Morgan fingerprint density at radius 2 is 2.45 bits per heavy atom. The van der Waals surface area contributed by atoms with Gasteiger partial charge in [0.2, 0.25) is 0 Å². The van der Waals surface area contributed by atoms with Crippen molar-refractivity contribution in [2.75, 3.05) is 5.88 Å². The van der Waals surface area contributed by atoms with Crippen LogP contribution in [0.1, 0.15) is 6.42 Å². The van der Waals surface area contributed by atoms with Crippen molar-refractivity contribution in [3.05, 3.63) is 24.3 Å². The zero-order chi connectivity index (χ0) is 8.10. The Morgan fingerprint density at radius 1 is 1.64 bits per heavy atom. The number of allylic oxidation sites excluding steroid dienone is 2. The molecule has 0 aromatic carbocycles. The van der Waals surface area contributed by atoms with Crippen LogP contribution in [-0.2, 0) is 0 Å². The van der Waals surface area contributed by atoms with E-state index in [-0.39, 0.29) is 11.9 Å². The summed E-state index contributed by atoms with van der Waals surface area (Å²) < 4.78 is 0. The summed E-state index contributed by atoms with van der Waals surface area (Å²) in [5.74, 6) is 0.230. The van der Waals surface area contributed by atoms with Gasteiger partial charge < -0.3 is 5.11 Å². The van der Waals surface area contributed by atoms with Crippen LogP contribution < -0.4 is 5.32 Å². The first-order chi connectivity index (χ1) is 5.33. The van der Waals surface area contributed by atoms with E-state index in [1.165, 1.54) is 0 Å². The standard InChI is InChI=1S/C8H12ClNO/c9-6-8(11)10-7-4-2-1-3-5-7/h1-4,7-8,10-11H,5-6H2. The van der Waals surface area contributed by atoms with Gasteiger partial charge in [0.25, 0.3) is 0 Å². The monoisotopic (exact) mass is 173 g/mol. The second-order valence-corrected chi connectivity index (χ2v) is 2.80. The third-order valence-electron chi connectivity index (χ3n) is 1.53. The lowest BCUT2D eigenvalue weighted by Crippen LogP contribution is -2.38. The number of halogens is 1. The molecule has 0 fully saturated rings. The van der Waals surface area contributed by atoms with Crippen LogP contribution in [0.25, 0.3) is 0 Å². The summed E-state index contributed by atoms with van der Waals surface area (Å²) in [6.45, 7) is 0. The molecule has 62 valence electrons. The van der Waals surface area contributed by atoms with Crippen molar-refractivity contribution in [1.29, 1.82) is 0 Å². The minimum Gasteiger partial charge on any atom is -0.377 e. The summed E-state index contributed by atoms with van der Waals surface area (Å²) in [6, 6.07) is 0.230. The number of rotatable bonds is 3. The van der Waals surface area contributed by atoms with Gasteiger partial charge in [-0.15, -0.1) is 11.6 Å². The largest absolute Gasteiger partial charge is 0.377 e. The third-order valence-corrected chi connectivity index (χ3v) is 1.83. The molecule has 0 radical (unpaired) electrons. The van der Waals surface area contributed by atoms with Crippen LogP contribution in [0.5, 0.6) is 0 Å². The maximum absolute atomic E-state index is 9.11. The molecular weight excluding hydrogens is 162 g/mol. The van der Waals surface area contributed by atoms with E-state index in [9.17, 15) is 0 Å². The number of alkyl halides is 1. The Labute approximate surface area is 71.6 Å². The van der Waals surface area contributed by atoms with Gasteiger partial charge in [-0.3, -0.25) is 5.32 Å². The van der Waals surface area contributed by atoms with Crippen LogP contribution in [0.2, 0.25) is 0 Å². The van der Waals surface area contributed by atoms with E-state index < -0.39 is 6.23 Å². The molecule has 1 rings (SSSR count). The van der Waals surface area contributed by atoms with Crippen LogP contribution in [-0.4, -0.2) is 23.3 Å². The van der Waals surface area contributed by atoms with Crippen LogP contribution in [0, 0.1) is 0 Å². The van der Waals surface area contributed by atoms with Crippen molar-refractivity contribution in [1.82, 2.24) is 5.32 Å². The van der Waals surface area contributed by atoms with Gasteiger partial charge in [0, 0.05) is 6.04 Å². The molecule has 0 amide bonds. The molecule has 11 heavy (non-hydrogen) atoms. The Hall–Kier alpha value is -0.310. The zero-order valence-electron chi connectivity index (χ0n) is 6.20. The average Bonchev–Trinajstić information content (AvgIpc) is 2.06. The van der Waals surface area contributed by atoms with Gasteiger partial charge >= 0.3 is 0 Å². The van der Waals surface area contributed by atoms with Crippen molar-refractivity contribution >= 4 is 11.6 Å². The molecule has 0 saturated carbocycles. The molecule has 0 spiro atoms. The van der Waals surface area contributed by atoms with Gasteiger partial charge in [0.1, 0.15) is 6.23 Å². The fourth-order valence-corrected chi connectivity index (χ4v) is 1.08. The number of nitrogens with one attached hydrogen (secondary N) is 1. The average molecular weight is 174 g/mol. The molecule has 0 heterocycles. The number of aliphatic hydroxyl groups is 1. The number of aliphatic hydroxyl groups excluding tert-OH is 1. The maximum Gasteiger partial charge on any atom is 0.119 e. The molecule has 3 heteroatoms. The minimum atomic E-state index is -0.599. The highest BCUT2D eigenvalue weighted by molar-refractivity contribution is 6.18. The zero-order valence-corrected chi connectivity index (χ0v) is 6.96. The molecular formula is C8H12ClNO. The first kappa shape index (κ1) is 8.78. The van der Waals surface area contributed by atoms with Gasteiger partial charge in [-0.05, 0) is 6.42 Å². The Kier molecular flexibility index (Phi) is 3.63. The molecule has 0 aromatic heterocycles. The second-order valence-electron chi connectivity index (χ2n) is 2.49. The number of hydrogen-bond donors (Lipinski definition) is 2. The van der Waals surface area contributed by atoms with Crippen molar-refractivity contribution in [3.63, 3.8) is 0 Å². The van der Waals surface area contributed by atoms with Crippen molar-refractivity contribution in [2.24, 2.45) is 0 Å². The molecule has 2 atom stereocenters. The number of hydrogen-bond acceptors (Lipinski definition) is 2. The molecule has 0 bridgehead atoms. The van der Waals surface area contributed by atoms with Crippen molar-refractivity contribution in [3.8, 4) is 0 Å². The Balaban J connectivity index is 2.27. The van der Waals surface area contributed by atoms with E-state index in [1.807, 2.05) is 18.2 Å². The van der Waals surface area contributed by atoms with Gasteiger partial charge in [-0.1, -0.05) is 24.3 Å². The fraction of sp³-hybridized carbons (Fsp3) is 0.500. The highest BCUT2D eigenvalue weighted by atomic mass is 35.5.